The van der Waals surface area contributed by atoms with Crippen LogP contribution in [0.3, 0.4) is 0 Å². The molecule has 2 saturated heterocycles. The van der Waals surface area contributed by atoms with Gasteiger partial charge in [0.2, 0.25) is 0 Å². The average molecular weight is 154 g/mol. The summed E-state index contributed by atoms with van der Waals surface area (Å²) in [5.74, 6) is 0. The van der Waals surface area contributed by atoms with Crippen molar-refractivity contribution >= 4 is 0 Å². The van der Waals surface area contributed by atoms with E-state index in [-0.39, 0.29) is 0 Å². The van der Waals surface area contributed by atoms with Gasteiger partial charge < -0.3 is 9.80 Å². The number of hydrogen-bond donors (Lipinski definition) is 0. The molecule has 0 spiro atoms. The summed E-state index contributed by atoms with van der Waals surface area (Å²) in [7, 11) is 4.47. The fourth-order valence-corrected chi connectivity index (χ4v) is 2.06. The minimum absolute atomic E-state index is 0.837. The topological polar surface area (TPSA) is 6.25 Å². The fourth-order valence-electron chi connectivity index (χ4n) is 2.06. The maximum absolute atomic E-state index is 2.51. The lowest BCUT2D eigenvalue weighted by atomic mass is 9.91. The van der Waals surface area contributed by atoms with Gasteiger partial charge in [-0.2, -0.15) is 0 Å². The highest BCUT2D eigenvalue weighted by molar-refractivity contribution is 4.96. The molecule has 2 rings (SSSR count). The summed E-state index contributed by atoms with van der Waals surface area (Å²) >= 11 is 0. The lowest BCUT2D eigenvalue weighted by Crippen LogP contribution is -2.52. The van der Waals surface area contributed by atoms with Gasteiger partial charge in [0.05, 0.1) is 0 Å². The van der Waals surface area contributed by atoms with Crippen LogP contribution in [0.4, 0.5) is 0 Å². The lowest BCUT2D eigenvalue weighted by Gasteiger charge is -2.44. The van der Waals surface area contributed by atoms with Crippen molar-refractivity contribution in [2.45, 2.75) is 37.9 Å². The minimum Gasteiger partial charge on any atom is -0.301 e. The van der Waals surface area contributed by atoms with Crippen LogP contribution in [0, 0.1) is 0 Å². The first-order chi connectivity index (χ1) is 5.18. The van der Waals surface area contributed by atoms with Gasteiger partial charge in [0.25, 0.3) is 0 Å². The Morgan fingerprint density at radius 2 is 1.91 bits per heavy atom. The van der Waals surface area contributed by atoms with Gasteiger partial charge in [-0.15, -0.1) is 0 Å². The van der Waals surface area contributed by atoms with Gasteiger partial charge in [0, 0.05) is 24.7 Å². The molecule has 4 unspecified atom stereocenters. The second-order valence-corrected chi connectivity index (χ2v) is 4.23. The molecular formula is C9H18N2. The highest BCUT2D eigenvalue weighted by atomic mass is 15.3. The highest BCUT2D eigenvalue weighted by Crippen LogP contribution is 2.31. The number of likely N-dealkylation sites (N-methyl/N-ethyl adjacent to an activating group) is 1. The quantitative estimate of drug-likeness (QED) is 0.542. The fraction of sp³-hybridized carbons (Fsp3) is 1.00. The molecule has 0 saturated carbocycles. The van der Waals surface area contributed by atoms with Crippen molar-refractivity contribution < 1.29 is 0 Å². The molecule has 0 amide bonds. The maximum atomic E-state index is 2.51. The molecule has 2 aliphatic heterocycles. The molecule has 2 aliphatic rings. The molecule has 0 aromatic carbocycles. The molecule has 0 aromatic rings. The smallest absolute Gasteiger partial charge is 0.0235 e. The van der Waals surface area contributed by atoms with Crippen molar-refractivity contribution in [2.24, 2.45) is 0 Å². The summed E-state index contributed by atoms with van der Waals surface area (Å²) in [6.45, 7) is 3.64. The van der Waals surface area contributed by atoms with Crippen LogP contribution in [-0.4, -0.2) is 48.6 Å². The summed E-state index contributed by atoms with van der Waals surface area (Å²) in [6.07, 6.45) is 2.82. The van der Waals surface area contributed by atoms with E-state index in [1.54, 1.807) is 0 Å². The van der Waals surface area contributed by atoms with Crippen LogP contribution in [0.5, 0.6) is 0 Å². The third kappa shape index (κ3) is 1.30. The van der Waals surface area contributed by atoms with Crippen LogP contribution >= 0.6 is 0 Å². The van der Waals surface area contributed by atoms with Crippen LogP contribution in [0.2, 0.25) is 0 Å². The van der Waals surface area contributed by atoms with Crippen LogP contribution < -0.4 is 0 Å². The normalized spacial score (nSPS) is 50.5. The van der Waals surface area contributed by atoms with Gasteiger partial charge in [-0.05, 0) is 33.9 Å². The number of likely N-dealkylation sites (tertiary alicyclic amines) is 1. The monoisotopic (exact) mass is 154 g/mol. The standard InChI is InChI=1S/C9H18N2/c1-7-4-8(11(7)3)5-9-6-10(9)2/h7-9H,4-6H2,1-3H3. The Morgan fingerprint density at radius 1 is 1.27 bits per heavy atom. The summed E-state index contributed by atoms with van der Waals surface area (Å²) in [5, 5.41) is 0. The predicted molar refractivity (Wildman–Crippen MR) is 46.7 cm³/mol. The van der Waals surface area contributed by atoms with Gasteiger partial charge in [0.1, 0.15) is 0 Å². The van der Waals surface area contributed by atoms with Crippen molar-refractivity contribution in [1.82, 2.24) is 9.80 Å². The number of hydrogen-bond acceptors (Lipinski definition) is 2. The zero-order valence-electron chi connectivity index (χ0n) is 7.75. The summed E-state index contributed by atoms with van der Waals surface area (Å²) < 4.78 is 0. The first kappa shape index (κ1) is 7.56. The van der Waals surface area contributed by atoms with Crippen molar-refractivity contribution in [1.29, 1.82) is 0 Å². The van der Waals surface area contributed by atoms with Gasteiger partial charge in [-0.1, -0.05) is 0 Å². The molecule has 0 N–H and O–H groups in total. The number of nitrogens with zero attached hydrogens (tertiary/aromatic N) is 2. The Morgan fingerprint density at radius 3 is 2.27 bits per heavy atom. The van der Waals surface area contributed by atoms with E-state index in [0.29, 0.717) is 0 Å². The van der Waals surface area contributed by atoms with Crippen LogP contribution in [-0.2, 0) is 0 Å². The largest absolute Gasteiger partial charge is 0.301 e. The van der Waals surface area contributed by atoms with Gasteiger partial charge >= 0.3 is 0 Å². The van der Waals surface area contributed by atoms with Crippen molar-refractivity contribution in [3.05, 3.63) is 0 Å². The van der Waals surface area contributed by atoms with Crippen LogP contribution in [0.15, 0.2) is 0 Å². The van der Waals surface area contributed by atoms with Crippen molar-refractivity contribution in [2.75, 3.05) is 20.6 Å². The SMILES string of the molecule is CC1CC(CC2CN2C)N1C. The summed E-state index contributed by atoms with van der Waals surface area (Å²) in [6, 6.07) is 2.64. The van der Waals surface area contributed by atoms with Crippen LogP contribution in [0.25, 0.3) is 0 Å². The first-order valence-electron chi connectivity index (χ1n) is 4.60. The zero-order chi connectivity index (χ0) is 8.01. The maximum Gasteiger partial charge on any atom is 0.0235 e. The van der Waals surface area contributed by atoms with E-state index in [2.05, 4.69) is 30.8 Å². The molecule has 64 valence electrons. The molecule has 0 radical (unpaired) electrons. The molecule has 2 heteroatoms. The van der Waals surface area contributed by atoms with E-state index in [9.17, 15) is 0 Å². The Bertz CT molecular complexity index is 158. The third-order valence-electron chi connectivity index (χ3n) is 3.42. The molecule has 0 bridgehead atoms. The Hall–Kier alpha value is -0.0800. The molecule has 2 heterocycles. The van der Waals surface area contributed by atoms with Gasteiger partial charge in [0.15, 0.2) is 0 Å². The Kier molecular flexibility index (Phi) is 1.69. The third-order valence-corrected chi connectivity index (χ3v) is 3.42. The minimum atomic E-state index is 0.837. The molecular weight excluding hydrogens is 136 g/mol. The summed E-state index contributed by atoms with van der Waals surface area (Å²) in [5.41, 5.74) is 0. The molecule has 4 atom stereocenters. The Balaban J connectivity index is 1.73. The molecule has 11 heavy (non-hydrogen) atoms. The summed E-state index contributed by atoms with van der Waals surface area (Å²) in [4.78, 5) is 4.93. The van der Waals surface area contributed by atoms with E-state index < -0.39 is 0 Å². The van der Waals surface area contributed by atoms with E-state index >= 15 is 0 Å². The zero-order valence-corrected chi connectivity index (χ0v) is 7.75. The van der Waals surface area contributed by atoms with E-state index in [1.165, 1.54) is 19.4 Å². The predicted octanol–water partition coefficient (Wildman–Crippen LogP) is 0.783. The van der Waals surface area contributed by atoms with Gasteiger partial charge in [-0.3, -0.25) is 0 Å². The van der Waals surface area contributed by atoms with E-state index in [1.807, 2.05) is 0 Å². The van der Waals surface area contributed by atoms with E-state index in [0.717, 1.165) is 18.1 Å². The molecule has 0 aromatic heterocycles. The van der Waals surface area contributed by atoms with E-state index in [4.69, 9.17) is 0 Å². The van der Waals surface area contributed by atoms with Crippen LogP contribution in [0.1, 0.15) is 19.8 Å². The second-order valence-electron chi connectivity index (χ2n) is 4.23. The lowest BCUT2D eigenvalue weighted by molar-refractivity contribution is 0.0487. The first-order valence-corrected chi connectivity index (χ1v) is 4.60. The average Bonchev–Trinajstić information content (AvgIpc) is 2.66. The van der Waals surface area contributed by atoms with Crippen molar-refractivity contribution in [3.8, 4) is 0 Å². The Labute approximate surface area is 69.2 Å². The number of rotatable bonds is 2. The second kappa shape index (κ2) is 2.46. The molecule has 2 nitrogen and oxygen atoms in total. The van der Waals surface area contributed by atoms with Gasteiger partial charge in [-0.25, -0.2) is 0 Å². The van der Waals surface area contributed by atoms with Crippen molar-refractivity contribution in [3.63, 3.8) is 0 Å². The molecule has 0 aliphatic carbocycles. The molecule has 2 fully saturated rings. The highest BCUT2D eigenvalue weighted by Gasteiger charge is 2.38.